The van der Waals surface area contributed by atoms with Crippen molar-refractivity contribution >= 4 is 0 Å². The predicted octanol–water partition coefficient (Wildman–Crippen LogP) is 0.383. The molecular formula is C9H19NO2. The van der Waals surface area contributed by atoms with E-state index in [0.29, 0.717) is 12.5 Å². The first-order valence-corrected chi connectivity index (χ1v) is 4.75. The van der Waals surface area contributed by atoms with Crippen LogP contribution in [0.25, 0.3) is 0 Å². The first kappa shape index (κ1) is 9.96. The van der Waals surface area contributed by atoms with E-state index in [1.165, 1.54) is 12.8 Å². The van der Waals surface area contributed by atoms with Gasteiger partial charge in [0.1, 0.15) is 0 Å². The summed E-state index contributed by atoms with van der Waals surface area (Å²) in [6.45, 7) is 5.27. The summed E-state index contributed by atoms with van der Waals surface area (Å²) >= 11 is 0. The predicted molar refractivity (Wildman–Crippen MR) is 48.1 cm³/mol. The average Bonchev–Trinajstić information content (AvgIpc) is 2.05. The van der Waals surface area contributed by atoms with Crippen LogP contribution in [-0.4, -0.2) is 37.5 Å². The Morgan fingerprint density at radius 3 is 3.08 bits per heavy atom. The molecule has 0 aromatic heterocycles. The van der Waals surface area contributed by atoms with Crippen molar-refractivity contribution in [2.45, 2.75) is 25.9 Å². The van der Waals surface area contributed by atoms with Gasteiger partial charge in [0.15, 0.2) is 0 Å². The second kappa shape index (κ2) is 5.51. The van der Waals surface area contributed by atoms with Crippen LogP contribution in [0, 0.1) is 5.92 Å². The number of hydrogen-bond donors (Lipinski definition) is 2. The van der Waals surface area contributed by atoms with Crippen LogP contribution in [0.4, 0.5) is 0 Å². The molecule has 1 aliphatic rings. The summed E-state index contributed by atoms with van der Waals surface area (Å²) in [4.78, 5) is 0. The summed E-state index contributed by atoms with van der Waals surface area (Å²) in [6.07, 6.45) is 2.20. The molecular weight excluding hydrogens is 154 g/mol. The van der Waals surface area contributed by atoms with Crippen LogP contribution in [0.2, 0.25) is 0 Å². The quantitative estimate of drug-likeness (QED) is 0.646. The SMILES string of the molecule is CC(O)CNCC1CCCOC1. The van der Waals surface area contributed by atoms with Gasteiger partial charge in [0.05, 0.1) is 12.7 Å². The summed E-state index contributed by atoms with van der Waals surface area (Å²) < 4.78 is 5.34. The van der Waals surface area contributed by atoms with Crippen molar-refractivity contribution in [1.29, 1.82) is 0 Å². The molecule has 0 saturated carbocycles. The van der Waals surface area contributed by atoms with Crippen molar-refractivity contribution in [1.82, 2.24) is 5.32 Å². The molecule has 0 aromatic carbocycles. The monoisotopic (exact) mass is 173 g/mol. The molecule has 1 saturated heterocycles. The fraction of sp³-hybridized carbons (Fsp3) is 1.00. The van der Waals surface area contributed by atoms with E-state index in [9.17, 15) is 0 Å². The Morgan fingerprint density at radius 1 is 1.67 bits per heavy atom. The van der Waals surface area contributed by atoms with Gasteiger partial charge in [-0.3, -0.25) is 0 Å². The molecule has 2 atom stereocenters. The van der Waals surface area contributed by atoms with Gasteiger partial charge in [-0.2, -0.15) is 0 Å². The van der Waals surface area contributed by atoms with E-state index in [1.54, 1.807) is 6.92 Å². The van der Waals surface area contributed by atoms with E-state index in [4.69, 9.17) is 9.84 Å². The summed E-state index contributed by atoms with van der Waals surface area (Å²) in [5.41, 5.74) is 0. The smallest absolute Gasteiger partial charge is 0.0636 e. The lowest BCUT2D eigenvalue weighted by Gasteiger charge is -2.22. The molecule has 12 heavy (non-hydrogen) atoms. The van der Waals surface area contributed by atoms with E-state index in [1.807, 2.05) is 0 Å². The van der Waals surface area contributed by atoms with E-state index in [2.05, 4.69) is 5.32 Å². The van der Waals surface area contributed by atoms with E-state index >= 15 is 0 Å². The maximum atomic E-state index is 8.99. The highest BCUT2D eigenvalue weighted by atomic mass is 16.5. The molecule has 0 aliphatic carbocycles. The lowest BCUT2D eigenvalue weighted by atomic mass is 10.0. The molecule has 1 heterocycles. The molecule has 3 heteroatoms. The zero-order valence-corrected chi connectivity index (χ0v) is 7.75. The van der Waals surface area contributed by atoms with E-state index in [0.717, 1.165) is 19.8 Å². The molecule has 1 rings (SSSR count). The zero-order valence-electron chi connectivity index (χ0n) is 7.75. The molecule has 0 aromatic rings. The molecule has 0 spiro atoms. The highest BCUT2D eigenvalue weighted by Crippen LogP contribution is 2.11. The van der Waals surface area contributed by atoms with Crippen molar-refractivity contribution in [2.75, 3.05) is 26.3 Å². The highest BCUT2D eigenvalue weighted by Gasteiger charge is 2.12. The van der Waals surface area contributed by atoms with Gasteiger partial charge in [0.2, 0.25) is 0 Å². The molecule has 1 fully saturated rings. The third-order valence-electron chi connectivity index (χ3n) is 2.13. The molecule has 3 nitrogen and oxygen atoms in total. The number of rotatable bonds is 4. The highest BCUT2D eigenvalue weighted by molar-refractivity contribution is 4.66. The standard InChI is InChI=1S/C9H19NO2/c1-8(11)5-10-6-9-3-2-4-12-7-9/h8-11H,2-7H2,1H3. The third-order valence-corrected chi connectivity index (χ3v) is 2.13. The Bertz CT molecular complexity index is 111. The Labute approximate surface area is 74.1 Å². The maximum Gasteiger partial charge on any atom is 0.0636 e. The number of hydrogen-bond acceptors (Lipinski definition) is 3. The van der Waals surface area contributed by atoms with Crippen LogP contribution in [0.15, 0.2) is 0 Å². The van der Waals surface area contributed by atoms with Crippen molar-refractivity contribution in [3.8, 4) is 0 Å². The van der Waals surface area contributed by atoms with Gasteiger partial charge in [-0.25, -0.2) is 0 Å². The van der Waals surface area contributed by atoms with Gasteiger partial charge in [0.25, 0.3) is 0 Å². The maximum absolute atomic E-state index is 8.99. The van der Waals surface area contributed by atoms with Crippen molar-refractivity contribution in [2.24, 2.45) is 5.92 Å². The van der Waals surface area contributed by atoms with Crippen LogP contribution in [0.3, 0.4) is 0 Å². The summed E-state index contributed by atoms with van der Waals surface area (Å²) in [5.74, 6) is 0.650. The topological polar surface area (TPSA) is 41.5 Å². The Morgan fingerprint density at radius 2 is 2.50 bits per heavy atom. The van der Waals surface area contributed by atoms with Crippen molar-refractivity contribution in [3.05, 3.63) is 0 Å². The zero-order chi connectivity index (χ0) is 8.81. The molecule has 1 aliphatic heterocycles. The minimum absolute atomic E-state index is 0.241. The number of aliphatic hydroxyl groups is 1. The number of nitrogens with one attached hydrogen (secondary N) is 1. The Hall–Kier alpha value is -0.120. The fourth-order valence-corrected chi connectivity index (χ4v) is 1.46. The second-order valence-electron chi connectivity index (χ2n) is 3.59. The number of aliphatic hydroxyl groups excluding tert-OH is 1. The molecule has 2 N–H and O–H groups in total. The lowest BCUT2D eigenvalue weighted by Crippen LogP contribution is -2.33. The van der Waals surface area contributed by atoms with Gasteiger partial charge in [0, 0.05) is 19.7 Å². The number of ether oxygens (including phenoxy) is 1. The third kappa shape index (κ3) is 4.04. The minimum atomic E-state index is -0.241. The molecule has 0 radical (unpaired) electrons. The normalized spacial score (nSPS) is 27.0. The van der Waals surface area contributed by atoms with E-state index in [-0.39, 0.29) is 6.10 Å². The van der Waals surface area contributed by atoms with Gasteiger partial charge in [-0.05, 0) is 25.7 Å². The van der Waals surface area contributed by atoms with Crippen LogP contribution < -0.4 is 5.32 Å². The van der Waals surface area contributed by atoms with Gasteiger partial charge >= 0.3 is 0 Å². The summed E-state index contributed by atoms with van der Waals surface area (Å²) in [5, 5.41) is 12.2. The molecule has 72 valence electrons. The molecule has 0 amide bonds. The first-order chi connectivity index (χ1) is 5.79. The van der Waals surface area contributed by atoms with Gasteiger partial charge in [-0.1, -0.05) is 0 Å². The van der Waals surface area contributed by atoms with Crippen LogP contribution >= 0.6 is 0 Å². The first-order valence-electron chi connectivity index (χ1n) is 4.75. The Balaban J connectivity index is 1.98. The lowest BCUT2D eigenvalue weighted by molar-refractivity contribution is 0.0536. The largest absolute Gasteiger partial charge is 0.392 e. The summed E-state index contributed by atoms with van der Waals surface area (Å²) in [7, 11) is 0. The fourth-order valence-electron chi connectivity index (χ4n) is 1.46. The van der Waals surface area contributed by atoms with Crippen molar-refractivity contribution in [3.63, 3.8) is 0 Å². The minimum Gasteiger partial charge on any atom is -0.392 e. The summed E-state index contributed by atoms with van der Waals surface area (Å²) in [6, 6.07) is 0. The van der Waals surface area contributed by atoms with Crippen LogP contribution in [-0.2, 0) is 4.74 Å². The molecule has 0 bridgehead atoms. The van der Waals surface area contributed by atoms with Crippen LogP contribution in [0.1, 0.15) is 19.8 Å². The molecule has 2 unspecified atom stereocenters. The average molecular weight is 173 g/mol. The van der Waals surface area contributed by atoms with E-state index < -0.39 is 0 Å². The van der Waals surface area contributed by atoms with Crippen molar-refractivity contribution < 1.29 is 9.84 Å². The second-order valence-corrected chi connectivity index (χ2v) is 3.59. The van der Waals surface area contributed by atoms with Gasteiger partial charge < -0.3 is 15.2 Å². The Kier molecular flexibility index (Phi) is 4.58. The van der Waals surface area contributed by atoms with Crippen LogP contribution in [0.5, 0.6) is 0 Å². The van der Waals surface area contributed by atoms with Gasteiger partial charge in [-0.15, -0.1) is 0 Å².